The fourth-order valence-corrected chi connectivity index (χ4v) is 3.30. The van der Waals surface area contributed by atoms with E-state index >= 15 is 0 Å². The van der Waals surface area contributed by atoms with E-state index < -0.39 is 0 Å². The highest BCUT2D eigenvalue weighted by Crippen LogP contribution is 2.31. The molecule has 0 saturated carbocycles. The molecule has 2 aromatic carbocycles. The summed E-state index contributed by atoms with van der Waals surface area (Å²) in [4.78, 5) is 0. The highest BCUT2D eigenvalue weighted by atomic mass is 79.9. The highest BCUT2D eigenvalue weighted by molar-refractivity contribution is 9.10. The van der Waals surface area contributed by atoms with Gasteiger partial charge in [0.15, 0.2) is 0 Å². The number of fused-ring (bicyclic) bond motifs is 1. The molecule has 1 unspecified atom stereocenters. The Hall–Kier alpha value is -1.32. The standard InChI is InChI=1S/C17H18BrNO/c1-20-17-9-7-14(18)10-13(17)11-19-16-8-6-12-4-2-3-5-15(12)16/h2-5,7,9-10,16,19H,6,8,11H2,1H3. The van der Waals surface area contributed by atoms with Crippen molar-refractivity contribution in [3.63, 3.8) is 0 Å². The molecule has 3 rings (SSSR count). The molecular formula is C17H18BrNO. The molecule has 3 heteroatoms. The molecule has 0 saturated heterocycles. The van der Waals surface area contributed by atoms with E-state index in [1.165, 1.54) is 29.5 Å². The van der Waals surface area contributed by atoms with E-state index in [4.69, 9.17) is 4.74 Å². The summed E-state index contributed by atoms with van der Waals surface area (Å²) in [6.45, 7) is 0.821. The number of hydrogen-bond acceptors (Lipinski definition) is 2. The van der Waals surface area contributed by atoms with Crippen molar-refractivity contribution in [2.45, 2.75) is 25.4 Å². The summed E-state index contributed by atoms with van der Waals surface area (Å²) >= 11 is 3.52. The van der Waals surface area contributed by atoms with Crippen LogP contribution in [0.2, 0.25) is 0 Å². The predicted octanol–water partition coefficient (Wildman–Crippen LogP) is 4.23. The molecule has 1 atom stereocenters. The molecule has 1 aliphatic rings. The van der Waals surface area contributed by atoms with E-state index in [1.807, 2.05) is 12.1 Å². The maximum Gasteiger partial charge on any atom is 0.123 e. The first-order chi connectivity index (χ1) is 9.78. The van der Waals surface area contributed by atoms with Crippen LogP contribution in [0.25, 0.3) is 0 Å². The van der Waals surface area contributed by atoms with Gasteiger partial charge in [-0.2, -0.15) is 0 Å². The van der Waals surface area contributed by atoms with Crippen molar-refractivity contribution in [3.05, 3.63) is 63.6 Å². The molecule has 0 fully saturated rings. The molecule has 0 amide bonds. The minimum absolute atomic E-state index is 0.454. The maximum absolute atomic E-state index is 5.42. The van der Waals surface area contributed by atoms with E-state index in [2.05, 4.69) is 51.6 Å². The van der Waals surface area contributed by atoms with Crippen molar-refractivity contribution < 1.29 is 4.74 Å². The average molecular weight is 332 g/mol. The van der Waals surface area contributed by atoms with Gasteiger partial charge in [0.25, 0.3) is 0 Å². The molecule has 0 spiro atoms. The summed E-state index contributed by atoms with van der Waals surface area (Å²) in [6.07, 6.45) is 2.35. The normalized spacial score (nSPS) is 17.0. The average Bonchev–Trinajstić information content (AvgIpc) is 2.88. The minimum Gasteiger partial charge on any atom is -0.496 e. The maximum atomic E-state index is 5.42. The lowest BCUT2D eigenvalue weighted by molar-refractivity contribution is 0.405. The first kappa shape index (κ1) is 13.7. The lowest BCUT2D eigenvalue weighted by Gasteiger charge is -2.16. The Kier molecular flexibility index (Phi) is 4.08. The van der Waals surface area contributed by atoms with Gasteiger partial charge in [-0.05, 0) is 42.2 Å². The first-order valence-electron chi connectivity index (χ1n) is 6.91. The molecule has 20 heavy (non-hydrogen) atoms. The Morgan fingerprint density at radius 1 is 1.25 bits per heavy atom. The second-order valence-electron chi connectivity index (χ2n) is 5.13. The number of aryl methyl sites for hydroxylation is 1. The van der Waals surface area contributed by atoms with Gasteiger partial charge in [-0.25, -0.2) is 0 Å². The Labute approximate surface area is 128 Å². The van der Waals surface area contributed by atoms with Crippen LogP contribution in [0.4, 0.5) is 0 Å². The fourth-order valence-electron chi connectivity index (χ4n) is 2.89. The van der Waals surface area contributed by atoms with Crippen LogP contribution in [0.15, 0.2) is 46.9 Å². The molecule has 1 N–H and O–H groups in total. The van der Waals surface area contributed by atoms with Gasteiger partial charge in [0, 0.05) is 22.6 Å². The van der Waals surface area contributed by atoms with E-state index in [1.54, 1.807) is 7.11 Å². The van der Waals surface area contributed by atoms with Gasteiger partial charge in [0.05, 0.1) is 7.11 Å². The number of rotatable bonds is 4. The van der Waals surface area contributed by atoms with Crippen molar-refractivity contribution >= 4 is 15.9 Å². The van der Waals surface area contributed by atoms with Crippen molar-refractivity contribution in [2.24, 2.45) is 0 Å². The number of halogens is 1. The largest absolute Gasteiger partial charge is 0.496 e. The topological polar surface area (TPSA) is 21.3 Å². The van der Waals surface area contributed by atoms with Crippen LogP contribution in [0.1, 0.15) is 29.2 Å². The van der Waals surface area contributed by atoms with Gasteiger partial charge in [0.1, 0.15) is 5.75 Å². The number of methoxy groups -OCH3 is 1. The molecule has 104 valence electrons. The molecule has 0 bridgehead atoms. The van der Waals surface area contributed by atoms with E-state index in [-0.39, 0.29) is 0 Å². The number of ether oxygens (including phenoxy) is 1. The number of hydrogen-bond donors (Lipinski definition) is 1. The predicted molar refractivity (Wildman–Crippen MR) is 85.0 cm³/mol. The lowest BCUT2D eigenvalue weighted by atomic mass is 10.1. The molecule has 2 aromatic rings. The Balaban J connectivity index is 1.73. The van der Waals surface area contributed by atoms with Crippen LogP contribution < -0.4 is 10.1 Å². The Morgan fingerprint density at radius 3 is 2.95 bits per heavy atom. The number of benzene rings is 2. The molecule has 2 nitrogen and oxygen atoms in total. The van der Waals surface area contributed by atoms with Gasteiger partial charge in [-0.3, -0.25) is 0 Å². The van der Waals surface area contributed by atoms with Crippen LogP contribution in [0.3, 0.4) is 0 Å². The summed E-state index contributed by atoms with van der Waals surface area (Å²) in [5, 5.41) is 3.66. The molecular weight excluding hydrogens is 314 g/mol. The van der Waals surface area contributed by atoms with Crippen LogP contribution in [0, 0.1) is 0 Å². The van der Waals surface area contributed by atoms with Crippen molar-refractivity contribution in [1.29, 1.82) is 0 Å². The van der Waals surface area contributed by atoms with Crippen LogP contribution in [-0.2, 0) is 13.0 Å². The third-order valence-corrected chi connectivity index (χ3v) is 4.41. The third-order valence-electron chi connectivity index (χ3n) is 3.91. The van der Waals surface area contributed by atoms with E-state index in [9.17, 15) is 0 Å². The highest BCUT2D eigenvalue weighted by Gasteiger charge is 2.21. The second-order valence-corrected chi connectivity index (χ2v) is 6.04. The Bertz CT molecular complexity index is 612. The van der Waals surface area contributed by atoms with Crippen molar-refractivity contribution in [1.82, 2.24) is 5.32 Å². The van der Waals surface area contributed by atoms with Gasteiger partial charge in [0.2, 0.25) is 0 Å². The second kappa shape index (κ2) is 5.98. The SMILES string of the molecule is COc1ccc(Br)cc1CNC1CCc2ccccc21. The van der Waals surface area contributed by atoms with Crippen LogP contribution in [0.5, 0.6) is 5.75 Å². The smallest absolute Gasteiger partial charge is 0.123 e. The summed E-state index contributed by atoms with van der Waals surface area (Å²) in [5.41, 5.74) is 4.11. The van der Waals surface area contributed by atoms with Gasteiger partial charge < -0.3 is 10.1 Å². The summed E-state index contributed by atoms with van der Waals surface area (Å²) in [5.74, 6) is 0.937. The molecule has 0 aliphatic heterocycles. The van der Waals surface area contributed by atoms with Gasteiger partial charge in [-0.1, -0.05) is 40.2 Å². The molecule has 1 aliphatic carbocycles. The van der Waals surface area contributed by atoms with E-state index in [0.717, 1.165) is 16.8 Å². The summed E-state index contributed by atoms with van der Waals surface area (Å²) < 4.78 is 6.51. The zero-order valence-electron chi connectivity index (χ0n) is 11.5. The Morgan fingerprint density at radius 2 is 2.10 bits per heavy atom. The zero-order chi connectivity index (χ0) is 13.9. The molecule has 0 radical (unpaired) electrons. The van der Waals surface area contributed by atoms with Crippen LogP contribution >= 0.6 is 15.9 Å². The lowest BCUT2D eigenvalue weighted by Crippen LogP contribution is -2.19. The zero-order valence-corrected chi connectivity index (χ0v) is 13.1. The molecule has 0 aromatic heterocycles. The van der Waals surface area contributed by atoms with Crippen molar-refractivity contribution in [2.75, 3.05) is 7.11 Å². The van der Waals surface area contributed by atoms with Gasteiger partial charge >= 0.3 is 0 Å². The summed E-state index contributed by atoms with van der Waals surface area (Å²) in [7, 11) is 1.72. The monoisotopic (exact) mass is 331 g/mol. The van der Waals surface area contributed by atoms with Crippen LogP contribution in [-0.4, -0.2) is 7.11 Å². The number of nitrogens with one attached hydrogen (secondary N) is 1. The quantitative estimate of drug-likeness (QED) is 0.904. The minimum atomic E-state index is 0.454. The third kappa shape index (κ3) is 2.74. The molecule has 0 heterocycles. The fraction of sp³-hybridized carbons (Fsp3) is 0.294. The first-order valence-corrected chi connectivity index (χ1v) is 7.71. The van der Waals surface area contributed by atoms with Gasteiger partial charge in [-0.15, -0.1) is 0 Å². The summed E-state index contributed by atoms with van der Waals surface area (Å²) in [6, 6.07) is 15.3. The van der Waals surface area contributed by atoms with Crippen molar-refractivity contribution in [3.8, 4) is 5.75 Å². The van der Waals surface area contributed by atoms with E-state index in [0.29, 0.717) is 6.04 Å².